The number of benzene rings is 1. The first-order valence-electron chi connectivity index (χ1n) is 13.7. The molecule has 43 heavy (non-hydrogen) atoms. The van der Waals surface area contributed by atoms with Crippen LogP contribution >= 0.6 is 7.75 Å². The largest absolute Gasteiger partial charge is 0.461 e. The molecular formula is C28H33N6O8P. The number of aromatic nitrogens is 3. The number of nitriles is 1. The van der Waals surface area contributed by atoms with E-state index in [4.69, 9.17) is 24.3 Å². The van der Waals surface area contributed by atoms with Crippen molar-refractivity contribution in [1.82, 2.24) is 19.7 Å². The fourth-order valence-corrected chi connectivity index (χ4v) is 6.56. The number of aliphatic hydroxyl groups is 2. The lowest BCUT2D eigenvalue weighted by Gasteiger charge is -2.29. The Labute approximate surface area is 247 Å². The van der Waals surface area contributed by atoms with Crippen LogP contribution in [0.5, 0.6) is 5.75 Å². The second-order valence-electron chi connectivity index (χ2n) is 10.6. The number of nitrogens with one attached hydrogen (secondary N) is 1. The molecule has 2 aliphatic rings. The number of nitrogens with zero attached hydrogens (tertiary/aromatic N) is 4. The summed E-state index contributed by atoms with van der Waals surface area (Å²) in [6.45, 7) is 4.60. The second kappa shape index (κ2) is 12.4. The maximum atomic E-state index is 14.0. The Bertz CT molecular complexity index is 1570. The number of para-hydroxylation sites is 1. The van der Waals surface area contributed by atoms with Crippen molar-refractivity contribution in [3.63, 3.8) is 0 Å². The van der Waals surface area contributed by atoms with Gasteiger partial charge in [0.1, 0.15) is 60.7 Å². The molecule has 1 saturated carbocycles. The minimum Gasteiger partial charge on any atom is -0.461 e. The van der Waals surface area contributed by atoms with Gasteiger partial charge in [-0.25, -0.2) is 14.1 Å². The maximum Gasteiger partial charge on any atom is 0.459 e. The molecule has 1 aliphatic carbocycles. The van der Waals surface area contributed by atoms with E-state index in [1.165, 1.54) is 29.9 Å². The third-order valence-corrected chi connectivity index (χ3v) is 9.11. The molecule has 0 bridgehead atoms. The number of carbonyl (C=O) groups is 1. The minimum absolute atomic E-state index is 0.151. The van der Waals surface area contributed by atoms with E-state index >= 15 is 0 Å². The highest BCUT2D eigenvalue weighted by atomic mass is 31.2. The highest BCUT2D eigenvalue weighted by Gasteiger charge is 2.57. The molecule has 3 aromatic rings. The summed E-state index contributed by atoms with van der Waals surface area (Å²) < 4.78 is 38.2. The number of esters is 1. The lowest BCUT2D eigenvalue weighted by atomic mass is 9.94. The van der Waals surface area contributed by atoms with Crippen LogP contribution in [0.25, 0.3) is 5.52 Å². The van der Waals surface area contributed by atoms with E-state index in [2.05, 4.69) is 21.7 Å². The number of ether oxygens (including phenoxy) is 2. The summed E-state index contributed by atoms with van der Waals surface area (Å²) >= 11 is 0. The molecule has 228 valence electrons. The minimum atomic E-state index is -4.43. The molecule has 1 aromatic carbocycles. The number of aliphatic hydroxyl groups excluding tert-OH is 2. The number of allylic oxidation sites excluding steroid dienone is 1. The number of rotatable bonds is 10. The molecule has 2 aromatic heterocycles. The summed E-state index contributed by atoms with van der Waals surface area (Å²) in [6.07, 6.45) is -0.919. The number of nitrogens with two attached hydrogens (primary N) is 1. The number of anilines is 1. The standard InChI is InChI=1S/C28H33N6O8P/c1-17-8-10-19(11-9-17)40-27(37)18(2)33-43(38,42-20-6-4-3-5-7-20)39-15-28(14-29)25(36)23(35)24(41-28)21-12-13-22-26(30)31-16-32-34(21)22/h3-7,12-13,16,18-19,23-25,35-36H,1,8-11,15H2,2H3,(H,33,38)(H2,30,31,32)/t18-,23-,24-,25-,28+,43?/m0/s1. The van der Waals surface area contributed by atoms with Crippen molar-refractivity contribution in [1.29, 1.82) is 5.26 Å². The molecule has 1 aliphatic heterocycles. The lowest BCUT2D eigenvalue weighted by molar-refractivity contribution is -0.151. The van der Waals surface area contributed by atoms with Crippen molar-refractivity contribution >= 4 is 25.1 Å². The summed E-state index contributed by atoms with van der Waals surface area (Å²) in [5.74, 6) is -0.337. The van der Waals surface area contributed by atoms with Gasteiger partial charge in [0, 0.05) is 0 Å². The van der Waals surface area contributed by atoms with Gasteiger partial charge in [-0.05, 0) is 56.9 Å². The van der Waals surface area contributed by atoms with Crippen molar-refractivity contribution in [2.75, 3.05) is 12.3 Å². The van der Waals surface area contributed by atoms with Crippen molar-refractivity contribution in [3.8, 4) is 11.8 Å². The van der Waals surface area contributed by atoms with Crippen LogP contribution in [0.15, 0.2) is 60.9 Å². The third kappa shape index (κ3) is 6.42. The maximum absolute atomic E-state index is 14.0. The van der Waals surface area contributed by atoms with Crippen LogP contribution in [0.1, 0.15) is 44.4 Å². The molecule has 0 spiro atoms. The van der Waals surface area contributed by atoms with Crippen LogP contribution < -0.4 is 15.3 Å². The van der Waals surface area contributed by atoms with E-state index < -0.39 is 50.3 Å². The van der Waals surface area contributed by atoms with Gasteiger partial charge in [-0.15, -0.1) is 0 Å². The Morgan fingerprint density at radius 2 is 2.02 bits per heavy atom. The Morgan fingerprint density at radius 1 is 1.30 bits per heavy atom. The predicted molar refractivity (Wildman–Crippen MR) is 152 cm³/mol. The Hall–Kier alpha value is -3.83. The smallest absolute Gasteiger partial charge is 0.459 e. The van der Waals surface area contributed by atoms with Crippen LogP contribution in [-0.4, -0.2) is 67.3 Å². The van der Waals surface area contributed by atoms with Gasteiger partial charge >= 0.3 is 13.7 Å². The monoisotopic (exact) mass is 612 g/mol. The van der Waals surface area contributed by atoms with Gasteiger partial charge in [-0.1, -0.05) is 30.4 Å². The number of nitrogen functional groups attached to an aromatic ring is 1. The zero-order valence-corrected chi connectivity index (χ0v) is 24.3. The Balaban J connectivity index is 1.34. The first kappa shape index (κ1) is 30.6. The number of hydrogen-bond acceptors (Lipinski definition) is 12. The van der Waals surface area contributed by atoms with Gasteiger partial charge in [-0.2, -0.15) is 15.4 Å². The number of hydrogen-bond donors (Lipinski definition) is 4. The summed E-state index contributed by atoms with van der Waals surface area (Å²) in [5.41, 5.74) is 5.54. The van der Waals surface area contributed by atoms with Gasteiger partial charge < -0.3 is 29.9 Å². The van der Waals surface area contributed by atoms with E-state index in [1.807, 2.05) is 6.07 Å². The number of carbonyl (C=O) groups excluding carboxylic acids is 1. The molecule has 6 atom stereocenters. The Morgan fingerprint density at radius 3 is 2.72 bits per heavy atom. The lowest BCUT2D eigenvalue weighted by Crippen LogP contribution is -2.46. The van der Waals surface area contributed by atoms with Crippen LogP contribution in [0.2, 0.25) is 0 Å². The normalized spacial score (nSPS) is 26.5. The van der Waals surface area contributed by atoms with Crippen LogP contribution in [0.4, 0.5) is 5.82 Å². The molecule has 0 radical (unpaired) electrons. The topological polar surface area (TPSA) is 204 Å². The molecule has 15 heteroatoms. The summed E-state index contributed by atoms with van der Waals surface area (Å²) in [4.78, 5) is 16.8. The van der Waals surface area contributed by atoms with Crippen molar-refractivity contribution < 1.29 is 38.1 Å². The first-order valence-corrected chi connectivity index (χ1v) is 15.3. The highest BCUT2D eigenvalue weighted by Crippen LogP contribution is 2.48. The van der Waals surface area contributed by atoms with Crippen molar-refractivity contribution in [2.45, 2.75) is 68.7 Å². The van der Waals surface area contributed by atoms with Gasteiger partial charge in [0.25, 0.3) is 0 Å². The van der Waals surface area contributed by atoms with E-state index in [9.17, 15) is 24.8 Å². The second-order valence-corrected chi connectivity index (χ2v) is 12.3. The fourth-order valence-electron chi connectivity index (χ4n) is 5.04. The Kier molecular flexibility index (Phi) is 8.84. The van der Waals surface area contributed by atoms with E-state index in [0.29, 0.717) is 18.4 Å². The molecule has 14 nitrogen and oxygen atoms in total. The van der Waals surface area contributed by atoms with Gasteiger partial charge in [0.15, 0.2) is 5.82 Å². The van der Waals surface area contributed by atoms with E-state index in [1.54, 1.807) is 30.3 Å². The zero-order chi connectivity index (χ0) is 30.8. The van der Waals surface area contributed by atoms with Gasteiger partial charge in [0.05, 0.1) is 5.69 Å². The summed E-state index contributed by atoms with van der Waals surface area (Å²) in [6, 6.07) is 12.0. The van der Waals surface area contributed by atoms with Gasteiger partial charge in [0.2, 0.25) is 5.60 Å². The zero-order valence-electron chi connectivity index (χ0n) is 23.4. The molecule has 1 saturated heterocycles. The predicted octanol–water partition coefficient (Wildman–Crippen LogP) is 2.59. The molecule has 1 unspecified atom stereocenters. The van der Waals surface area contributed by atoms with Crippen molar-refractivity contribution in [2.24, 2.45) is 0 Å². The average molecular weight is 613 g/mol. The summed E-state index contributed by atoms with van der Waals surface area (Å²) in [5, 5.41) is 38.7. The van der Waals surface area contributed by atoms with Crippen LogP contribution in [0.3, 0.4) is 0 Å². The molecule has 2 fully saturated rings. The van der Waals surface area contributed by atoms with Gasteiger partial charge in [-0.3, -0.25) is 9.32 Å². The van der Waals surface area contributed by atoms with E-state index in [0.717, 1.165) is 18.4 Å². The number of fused-ring (bicyclic) bond motifs is 1. The van der Waals surface area contributed by atoms with Crippen molar-refractivity contribution in [3.05, 3.63) is 66.6 Å². The molecular weight excluding hydrogens is 579 g/mol. The van der Waals surface area contributed by atoms with Crippen LogP contribution in [0, 0.1) is 11.3 Å². The average Bonchev–Trinajstić information content (AvgIpc) is 3.53. The third-order valence-electron chi connectivity index (χ3n) is 7.49. The SMILES string of the molecule is C=C1CCC(OC(=O)[C@H](C)NP(=O)(OC[C@@]2(C#N)O[C@@H](c3ccc4c(N)ncnn34)[C@H](O)[C@@H]2O)Oc2ccccc2)CC1. The van der Waals surface area contributed by atoms with Crippen LogP contribution in [-0.2, 0) is 23.4 Å². The summed E-state index contributed by atoms with van der Waals surface area (Å²) in [7, 11) is -4.43. The highest BCUT2D eigenvalue weighted by molar-refractivity contribution is 7.52. The molecule has 3 heterocycles. The van der Waals surface area contributed by atoms with E-state index in [-0.39, 0.29) is 23.4 Å². The molecule has 5 N–H and O–H groups in total. The molecule has 0 amide bonds. The molecule has 5 rings (SSSR count). The fraction of sp³-hybridized carbons (Fsp3) is 0.429. The quantitative estimate of drug-likeness (QED) is 0.148. The first-order chi connectivity index (χ1) is 20.5.